The lowest BCUT2D eigenvalue weighted by atomic mass is 9.32. The molecule has 0 aromatic heterocycles. The second-order valence-electron chi connectivity index (χ2n) is 11.5. The van der Waals surface area contributed by atoms with Gasteiger partial charge in [0.25, 0.3) is 0 Å². The fraction of sp³-hybridized carbons (Fsp3) is 0.704. The number of nitrogens with zero attached hydrogens (tertiary/aromatic N) is 1. The lowest BCUT2D eigenvalue weighted by Gasteiger charge is -2.75. The summed E-state index contributed by atoms with van der Waals surface area (Å²) in [4.78, 5) is 2.52. The third-order valence-corrected chi connectivity index (χ3v) is 10.5. The van der Waals surface area contributed by atoms with E-state index in [1.807, 2.05) is 6.92 Å². The molecule has 2 N–H and O–H groups in total. The Morgan fingerprint density at radius 3 is 2.81 bits per heavy atom. The number of likely N-dealkylation sites (tertiary alicyclic amines) is 1. The van der Waals surface area contributed by atoms with Crippen molar-refractivity contribution in [2.24, 2.45) is 11.3 Å². The Balaban J connectivity index is 1.66. The number of rotatable bonds is 5. The number of hydrogen-bond acceptors (Lipinski definition) is 5. The summed E-state index contributed by atoms with van der Waals surface area (Å²) in [5, 5.41) is 22.8. The lowest BCUT2D eigenvalue weighted by molar-refractivity contribution is -0.286. The second kappa shape index (κ2) is 6.11. The van der Waals surface area contributed by atoms with Gasteiger partial charge < -0.3 is 24.6 Å². The van der Waals surface area contributed by atoms with Crippen LogP contribution in [0.4, 0.5) is 0 Å². The van der Waals surface area contributed by atoms with Crippen LogP contribution in [-0.2, 0) is 16.6 Å². The van der Waals surface area contributed by atoms with Crippen LogP contribution in [0.1, 0.15) is 64.0 Å². The van der Waals surface area contributed by atoms with Crippen LogP contribution in [0, 0.1) is 11.3 Å². The standard InChI is InChI=1S/C27H37NO4/c1-6-7-10-23(2,30)19-16-25-11-12-27(19,31-5)24(3)26(25)13-14-28(4)20(25)15-17-8-9-18(29)22(32-24)21(17)26/h8-9,11-12,19-20,29-30H,6-7,10,13-16H2,1-5H3. The number of aliphatic hydroxyl groups is 1. The van der Waals surface area contributed by atoms with Crippen molar-refractivity contribution >= 4 is 0 Å². The van der Waals surface area contributed by atoms with Gasteiger partial charge in [-0.25, -0.2) is 0 Å². The Morgan fingerprint density at radius 2 is 2.09 bits per heavy atom. The van der Waals surface area contributed by atoms with E-state index >= 15 is 0 Å². The molecule has 2 heterocycles. The first-order valence-corrected chi connectivity index (χ1v) is 12.4. The minimum Gasteiger partial charge on any atom is -0.504 e. The van der Waals surface area contributed by atoms with Crippen LogP contribution in [0.25, 0.3) is 0 Å². The summed E-state index contributed by atoms with van der Waals surface area (Å²) < 4.78 is 13.4. The number of phenolic OH excluding ortho intramolecular Hbond substituents is 1. The molecule has 1 saturated carbocycles. The third-order valence-electron chi connectivity index (χ3n) is 10.5. The van der Waals surface area contributed by atoms with Gasteiger partial charge in [0.05, 0.1) is 11.0 Å². The zero-order chi connectivity index (χ0) is 22.7. The van der Waals surface area contributed by atoms with Crippen LogP contribution in [-0.4, -0.2) is 58.7 Å². The van der Waals surface area contributed by atoms with Crippen LogP contribution in [0.5, 0.6) is 11.5 Å². The highest BCUT2D eigenvalue weighted by Gasteiger charge is 2.85. The Bertz CT molecular complexity index is 1020. The average molecular weight is 440 g/mol. The van der Waals surface area contributed by atoms with E-state index in [4.69, 9.17) is 9.47 Å². The van der Waals surface area contributed by atoms with E-state index in [0.717, 1.165) is 45.1 Å². The molecule has 174 valence electrons. The third kappa shape index (κ3) is 1.93. The van der Waals surface area contributed by atoms with E-state index in [2.05, 4.69) is 44.0 Å². The van der Waals surface area contributed by atoms with Crippen LogP contribution >= 0.6 is 0 Å². The normalized spacial score (nSPS) is 44.8. The molecule has 32 heavy (non-hydrogen) atoms. The van der Waals surface area contributed by atoms with Gasteiger partial charge in [-0.2, -0.15) is 0 Å². The summed E-state index contributed by atoms with van der Waals surface area (Å²) in [7, 11) is 4.02. The Labute approximate surface area is 191 Å². The molecule has 7 atom stereocenters. The van der Waals surface area contributed by atoms with Crippen LogP contribution in [0.2, 0.25) is 0 Å². The number of benzene rings is 1. The van der Waals surface area contributed by atoms with Crippen molar-refractivity contribution < 1.29 is 19.7 Å². The monoisotopic (exact) mass is 439 g/mol. The van der Waals surface area contributed by atoms with Gasteiger partial charge in [-0.3, -0.25) is 0 Å². The van der Waals surface area contributed by atoms with E-state index in [1.165, 1.54) is 11.1 Å². The van der Waals surface area contributed by atoms with Crippen molar-refractivity contribution in [3.63, 3.8) is 0 Å². The highest BCUT2D eigenvalue weighted by molar-refractivity contribution is 5.67. The molecule has 0 radical (unpaired) electrons. The molecule has 0 amide bonds. The average Bonchev–Trinajstić information content (AvgIpc) is 3.07. The molecule has 5 nitrogen and oxygen atoms in total. The summed E-state index contributed by atoms with van der Waals surface area (Å²) in [5.41, 5.74) is -0.290. The van der Waals surface area contributed by atoms with Crippen molar-refractivity contribution in [2.45, 2.75) is 87.6 Å². The first kappa shape index (κ1) is 21.0. The van der Waals surface area contributed by atoms with Crippen molar-refractivity contribution in [1.82, 2.24) is 4.90 Å². The van der Waals surface area contributed by atoms with Gasteiger partial charge in [-0.1, -0.05) is 38.0 Å². The van der Waals surface area contributed by atoms with Crippen molar-refractivity contribution in [1.29, 1.82) is 0 Å². The number of aromatic hydroxyl groups is 1. The first-order valence-electron chi connectivity index (χ1n) is 12.4. The van der Waals surface area contributed by atoms with Crippen LogP contribution in [0.15, 0.2) is 24.3 Å². The molecule has 1 aromatic carbocycles. The highest BCUT2D eigenvalue weighted by Crippen LogP contribution is 2.79. The topological polar surface area (TPSA) is 62.2 Å². The largest absolute Gasteiger partial charge is 0.504 e. The molecule has 2 spiro atoms. The Hall–Kier alpha value is -1.56. The van der Waals surface area contributed by atoms with E-state index in [-0.39, 0.29) is 22.5 Å². The van der Waals surface area contributed by atoms with Gasteiger partial charge in [0.2, 0.25) is 0 Å². The van der Waals surface area contributed by atoms with Gasteiger partial charge >= 0.3 is 0 Å². The van der Waals surface area contributed by atoms with Gasteiger partial charge in [-0.05, 0) is 64.8 Å². The van der Waals surface area contributed by atoms with Crippen LogP contribution < -0.4 is 4.74 Å². The molecule has 7 unspecified atom stereocenters. The number of unbranched alkanes of at least 4 members (excludes halogenated alkanes) is 1. The highest BCUT2D eigenvalue weighted by atomic mass is 16.6. The second-order valence-corrected chi connectivity index (χ2v) is 11.5. The first-order chi connectivity index (χ1) is 15.1. The molecule has 1 aromatic rings. The number of fused-ring (bicyclic) bond motifs is 1. The number of phenols is 1. The molecule has 4 aliphatic carbocycles. The summed E-state index contributed by atoms with van der Waals surface area (Å²) >= 11 is 0. The summed E-state index contributed by atoms with van der Waals surface area (Å²) in [6.45, 7) is 7.37. The van der Waals surface area contributed by atoms with Crippen molar-refractivity contribution in [3.05, 3.63) is 35.4 Å². The van der Waals surface area contributed by atoms with Crippen molar-refractivity contribution in [2.75, 3.05) is 20.7 Å². The maximum absolute atomic E-state index is 11.9. The zero-order valence-electron chi connectivity index (χ0n) is 20.1. The molecule has 5 heteroatoms. The number of hydrogen-bond donors (Lipinski definition) is 2. The number of likely N-dealkylation sites (N-methyl/N-ethyl adjacent to an activating group) is 1. The minimum absolute atomic E-state index is 0.0957. The summed E-state index contributed by atoms with van der Waals surface area (Å²) in [6, 6.07) is 4.23. The number of methoxy groups -OCH3 is 1. The molecule has 4 bridgehead atoms. The van der Waals surface area contributed by atoms with Gasteiger partial charge in [0, 0.05) is 30.0 Å². The Kier molecular flexibility index (Phi) is 4.01. The predicted molar refractivity (Wildman–Crippen MR) is 123 cm³/mol. The van der Waals surface area contributed by atoms with E-state index in [9.17, 15) is 10.2 Å². The zero-order valence-corrected chi connectivity index (χ0v) is 20.1. The lowest BCUT2D eigenvalue weighted by Crippen LogP contribution is -2.85. The van der Waals surface area contributed by atoms with Crippen LogP contribution in [0.3, 0.4) is 0 Å². The molecule has 2 aliphatic heterocycles. The molecule has 6 aliphatic rings. The molecule has 2 fully saturated rings. The molecular formula is C27H37NO4. The number of piperidine rings is 1. The number of ether oxygens (including phenoxy) is 2. The predicted octanol–water partition coefficient (Wildman–Crippen LogP) is 3.94. The minimum atomic E-state index is -0.873. The quantitative estimate of drug-likeness (QED) is 0.681. The smallest absolute Gasteiger partial charge is 0.166 e. The van der Waals surface area contributed by atoms with Crippen molar-refractivity contribution in [3.8, 4) is 11.5 Å². The fourth-order valence-corrected chi connectivity index (χ4v) is 9.09. The van der Waals surface area contributed by atoms with Gasteiger partial charge in [0.15, 0.2) is 11.5 Å². The summed E-state index contributed by atoms with van der Waals surface area (Å²) in [6.07, 6.45) is 10.2. The van der Waals surface area contributed by atoms with E-state index in [0.29, 0.717) is 11.8 Å². The molecular weight excluding hydrogens is 402 g/mol. The van der Waals surface area contributed by atoms with Gasteiger partial charge in [-0.15, -0.1) is 0 Å². The Morgan fingerprint density at radius 1 is 1.31 bits per heavy atom. The molecule has 7 rings (SSSR count). The SMILES string of the molecule is CCCCC(C)(O)C1CC23C=CC1(OC)C1(C)Oc4c(O)ccc5c4C21CCN(C)C3C5. The van der Waals surface area contributed by atoms with E-state index < -0.39 is 16.8 Å². The maximum Gasteiger partial charge on any atom is 0.166 e. The summed E-state index contributed by atoms with van der Waals surface area (Å²) in [5.74, 6) is 0.777. The fourth-order valence-electron chi connectivity index (χ4n) is 9.09. The maximum atomic E-state index is 11.9. The van der Waals surface area contributed by atoms with E-state index in [1.54, 1.807) is 13.2 Å². The van der Waals surface area contributed by atoms with Gasteiger partial charge in [0.1, 0.15) is 11.2 Å². The molecule has 1 saturated heterocycles.